The lowest BCUT2D eigenvalue weighted by molar-refractivity contribution is 0.677. The van der Waals surface area contributed by atoms with Crippen LogP contribution in [-0.4, -0.2) is 13.7 Å². The van der Waals surface area contributed by atoms with Gasteiger partial charge in [-0.05, 0) is 84.9 Å². The molecule has 0 spiro atoms. The molecule has 12 rings (SSSR count). The molecule has 4 aromatic heterocycles. The van der Waals surface area contributed by atoms with Crippen molar-refractivity contribution in [1.29, 1.82) is 0 Å². The molecule has 0 aliphatic rings. The van der Waals surface area contributed by atoms with E-state index in [1.54, 1.807) is 0 Å². The van der Waals surface area contributed by atoms with Crippen LogP contribution in [0.1, 0.15) is 0 Å². The van der Waals surface area contributed by atoms with E-state index in [1.165, 1.54) is 38.1 Å². The zero-order valence-electron chi connectivity index (χ0n) is 29.4. The van der Waals surface area contributed by atoms with E-state index >= 15 is 0 Å². The lowest BCUT2D eigenvalue weighted by Gasteiger charge is -2.10. The molecule has 4 nitrogen and oxygen atoms in total. The topological polar surface area (TPSA) is 27.9 Å². The van der Waals surface area contributed by atoms with Gasteiger partial charge < -0.3 is 18.1 Å². The number of hydrogen-bond donors (Lipinski definition) is 0. The minimum absolute atomic E-state index is 0.924. The van der Waals surface area contributed by atoms with Gasteiger partial charge in [-0.15, -0.1) is 13.2 Å². The fourth-order valence-corrected chi connectivity index (χ4v) is 8.88. The summed E-state index contributed by atoms with van der Waals surface area (Å²) in [5.74, 6) is 0. The maximum atomic E-state index is 7.14. The van der Waals surface area contributed by atoms with Crippen LogP contribution in [0.3, 0.4) is 0 Å². The Bertz CT molecular complexity index is 3410. The highest BCUT2D eigenvalue weighted by molar-refractivity contribution is 6.29. The van der Waals surface area contributed by atoms with Gasteiger partial charge in [0.15, 0.2) is 0 Å². The number of rotatable bonds is 3. The van der Waals surface area contributed by atoms with Crippen molar-refractivity contribution in [3.63, 3.8) is 0 Å². The van der Waals surface area contributed by atoms with Crippen molar-refractivity contribution in [2.75, 3.05) is 0 Å². The van der Waals surface area contributed by atoms with Gasteiger partial charge in [0.1, 0.15) is 11.2 Å². The van der Waals surface area contributed by atoms with Gasteiger partial charge in [0.2, 0.25) is 0 Å². The minimum atomic E-state index is 0.924. The highest BCUT2D eigenvalue weighted by Crippen LogP contribution is 2.45. The number of furan rings is 1. The monoisotopic (exact) mass is 691 g/mol. The summed E-state index contributed by atoms with van der Waals surface area (Å²) in [5, 5.41) is 9.37. The van der Waals surface area contributed by atoms with Crippen molar-refractivity contribution in [1.82, 2.24) is 13.7 Å². The van der Waals surface area contributed by atoms with Crippen LogP contribution in [0.4, 0.5) is 0 Å². The first-order chi connectivity index (χ1) is 26.8. The molecule has 54 heavy (non-hydrogen) atoms. The summed E-state index contributed by atoms with van der Waals surface area (Å²) in [6.45, 7) is 6.00. The lowest BCUT2D eigenvalue weighted by Crippen LogP contribution is -1.95. The van der Waals surface area contributed by atoms with Crippen molar-refractivity contribution in [3.8, 4) is 17.1 Å². The molecule has 254 valence electrons. The molecule has 0 bridgehead atoms. The molecular weight excluding hydrogens is 659 g/mol. The molecule has 0 atom stereocenters. The zero-order valence-corrected chi connectivity index (χ0v) is 29.4. The summed E-state index contributed by atoms with van der Waals surface area (Å²) in [6, 6.07) is 63.3. The second-order valence-corrected chi connectivity index (χ2v) is 13.7. The Balaban J connectivity index is 0.00000168. The van der Waals surface area contributed by atoms with E-state index in [4.69, 9.17) is 4.42 Å². The predicted octanol–water partition coefficient (Wildman–Crippen LogP) is 13.7. The molecule has 0 saturated carbocycles. The molecule has 0 radical (unpaired) electrons. The first kappa shape index (κ1) is 30.3. The maximum absolute atomic E-state index is 7.14. The van der Waals surface area contributed by atoms with Crippen molar-refractivity contribution in [2.45, 2.75) is 0 Å². The smallest absolute Gasteiger partial charge is 0.145 e. The molecule has 0 fully saturated rings. The molecule has 0 N–H and O–H groups in total. The van der Waals surface area contributed by atoms with Gasteiger partial charge in [0, 0.05) is 49.4 Å². The molecule has 12 aromatic rings. The van der Waals surface area contributed by atoms with Crippen LogP contribution < -0.4 is 0 Å². The average molecular weight is 692 g/mol. The number of para-hydroxylation sites is 5. The van der Waals surface area contributed by atoms with Crippen LogP contribution in [0.2, 0.25) is 0 Å². The van der Waals surface area contributed by atoms with Crippen LogP contribution in [0, 0.1) is 0 Å². The van der Waals surface area contributed by atoms with Crippen LogP contribution in [0.25, 0.3) is 104 Å². The molecule has 4 heterocycles. The highest BCUT2D eigenvalue weighted by Gasteiger charge is 2.23. The Labute approximate surface area is 310 Å². The lowest BCUT2D eigenvalue weighted by atomic mass is 10.1. The van der Waals surface area contributed by atoms with Gasteiger partial charge in [-0.25, -0.2) is 0 Å². The van der Waals surface area contributed by atoms with Crippen molar-refractivity contribution < 1.29 is 4.42 Å². The average Bonchev–Trinajstić information content (AvgIpc) is 3.98. The van der Waals surface area contributed by atoms with Crippen molar-refractivity contribution in [2.24, 2.45) is 0 Å². The second kappa shape index (κ2) is 11.6. The number of hydrogen-bond acceptors (Lipinski definition) is 1. The standard InChI is InChI=1S/C48H29N3O.C2H4/c1-3-13-30(14-4-1)49-39-20-10-7-17-33(39)38-29-32(23-26-42(38)49)51-41-22-12-9-19-37(41)46-44(51)28-25-35-34-24-27-43-45(47(34)52-48(35)46)36-18-8-11-21-40(36)50(43)31-15-5-2-6-16-31;1-2/h1-29H;1-2H2. The van der Waals surface area contributed by atoms with Crippen molar-refractivity contribution in [3.05, 3.63) is 189 Å². The van der Waals surface area contributed by atoms with Gasteiger partial charge in [-0.1, -0.05) is 91.0 Å². The largest absolute Gasteiger partial charge is 0.455 e. The minimum Gasteiger partial charge on any atom is -0.455 e. The third-order valence-corrected chi connectivity index (χ3v) is 11.0. The first-order valence-corrected chi connectivity index (χ1v) is 18.3. The van der Waals surface area contributed by atoms with E-state index in [0.29, 0.717) is 0 Å². The Morgan fingerprint density at radius 2 is 0.685 bits per heavy atom. The molecule has 0 saturated heterocycles. The van der Waals surface area contributed by atoms with E-state index in [0.717, 1.165) is 66.3 Å². The highest BCUT2D eigenvalue weighted by atomic mass is 16.3. The molecule has 0 aliphatic heterocycles. The van der Waals surface area contributed by atoms with E-state index in [-0.39, 0.29) is 0 Å². The van der Waals surface area contributed by atoms with E-state index in [9.17, 15) is 0 Å². The summed E-state index contributed by atoms with van der Waals surface area (Å²) < 4.78 is 14.3. The fraction of sp³-hybridized carbons (Fsp3) is 0. The van der Waals surface area contributed by atoms with Crippen LogP contribution in [-0.2, 0) is 0 Å². The van der Waals surface area contributed by atoms with E-state index in [2.05, 4.69) is 203 Å². The van der Waals surface area contributed by atoms with Crippen LogP contribution in [0.5, 0.6) is 0 Å². The Morgan fingerprint density at radius 3 is 1.22 bits per heavy atom. The summed E-state index contributed by atoms with van der Waals surface area (Å²) in [7, 11) is 0. The molecule has 0 amide bonds. The van der Waals surface area contributed by atoms with Crippen molar-refractivity contribution >= 4 is 87.4 Å². The predicted molar refractivity (Wildman–Crippen MR) is 228 cm³/mol. The molecule has 0 unspecified atom stereocenters. The van der Waals surface area contributed by atoms with Crippen LogP contribution in [0.15, 0.2) is 193 Å². The fourth-order valence-electron chi connectivity index (χ4n) is 8.88. The van der Waals surface area contributed by atoms with Gasteiger partial charge in [-0.3, -0.25) is 0 Å². The normalized spacial score (nSPS) is 11.9. The summed E-state index contributed by atoms with van der Waals surface area (Å²) in [6.07, 6.45) is 0. The van der Waals surface area contributed by atoms with Gasteiger partial charge >= 0.3 is 0 Å². The second-order valence-electron chi connectivity index (χ2n) is 13.7. The number of fused-ring (bicyclic) bond motifs is 14. The molecule has 0 aliphatic carbocycles. The number of nitrogens with zero attached hydrogens (tertiary/aromatic N) is 3. The Morgan fingerprint density at radius 1 is 0.296 bits per heavy atom. The van der Waals surface area contributed by atoms with Gasteiger partial charge in [0.25, 0.3) is 0 Å². The Kier molecular flexibility index (Phi) is 6.52. The van der Waals surface area contributed by atoms with Gasteiger partial charge in [0.05, 0.1) is 43.9 Å². The molecular formula is C50H33N3O. The number of aromatic nitrogens is 3. The van der Waals surface area contributed by atoms with Crippen LogP contribution >= 0.6 is 0 Å². The summed E-state index contributed by atoms with van der Waals surface area (Å²) in [4.78, 5) is 0. The van der Waals surface area contributed by atoms with Gasteiger partial charge in [-0.2, -0.15) is 0 Å². The third-order valence-electron chi connectivity index (χ3n) is 11.0. The van der Waals surface area contributed by atoms with E-state index in [1.807, 2.05) is 0 Å². The third kappa shape index (κ3) is 4.08. The SMILES string of the molecule is C=C.c1ccc(-n2c3ccccc3c3cc(-n4c5ccccc5c5c6oc7c(ccc8c7c7ccccc7n8-c7ccccc7)c6ccc54)ccc32)cc1. The molecule has 8 aromatic carbocycles. The summed E-state index contributed by atoms with van der Waals surface area (Å²) >= 11 is 0. The van der Waals surface area contributed by atoms with E-state index < -0.39 is 0 Å². The summed E-state index contributed by atoms with van der Waals surface area (Å²) in [5.41, 5.74) is 12.3. The zero-order chi connectivity index (χ0) is 35.9. The molecule has 4 heteroatoms. The number of benzene rings is 8. The Hall–Kier alpha value is -7.30. The first-order valence-electron chi connectivity index (χ1n) is 18.3. The quantitative estimate of drug-likeness (QED) is 0.170. The maximum Gasteiger partial charge on any atom is 0.145 e.